The zero-order valence-corrected chi connectivity index (χ0v) is 24.9. The SMILES string of the molecule is COCP(=O)(N[C@@H](C)C(=O)OCc1ccccc1)Oc1cc(/C=C\c2cc(OC)c(OC)c(OC)c2)ccc1OC. The average molecular weight is 586 g/mol. The molecule has 0 aliphatic rings. The Morgan fingerprint density at radius 3 is 2.00 bits per heavy atom. The number of benzene rings is 3. The van der Waals surface area contributed by atoms with Crippen molar-refractivity contribution in [2.24, 2.45) is 0 Å². The van der Waals surface area contributed by atoms with Crippen LogP contribution in [0.1, 0.15) is 23.6 Å². The van der Waals surface area contributed by atoms with Crippen molar-refractivity contribution in [1.29, 1.82) is 0 Å². The molecule has 0 heterocycles. The van der Waals surface area contributed by atoms with Crippen molar-refractivity contribution < 1.29 is 42.3 Å². The lowest BCUT2D eigenvalue weighted by atomic mass is 10.1. The van der Waals surface area contributed by atoms with E-state index in [1.807, 2.05) is 60.7 Å². The fraction of sp³-hybridized carbons (Fsp3) is 0.300. The van der Waals surface area contributed by atoms with E-state index in [0.717, 1.165) is 16.7 Å². The molecule has 0 aliphatic heterocycles. The Kier molecular flexibility index (Phi) is 11.6. The van der Waals surface area contributed by atoms with Gasteiger partial charge in [0, 0.05) is 7.11 Å². The van der Waals surface area contributed by atoms with Gasteiger partial charge in [0.25, 0.3) is 0 Å². The minimum Gasteiger partial charge on any atom is -0.493 e. The Labute approximate surface area is 240 Å². The van der Waals surface area contributed by atoms with Crippen molar-refractivity contribution in [3.05, 3.63) is 77.4 Å². The van der Waals surface area contributed by atoms with Crippen molar-refractivity contribution in [3.8, 4) is 28.7 Å². The Balaban J connectivity index is 1.80. The lowest BCUT2D eigenvalue weighted by Crippen LogP contribution is -2.35. The largest absolute Gasteiger partial charge is 0.493 e. The fourth-order valence-corrected chi connectivity index (χ4v) is 5.55. The van der Waals surface area contributed by atoms with E-state index in [2.05, 4.69) is 5.09 Å². The van der Waals surface area contributed by atoms with Gasteiger partial charge in [0.05, 0.1) is 28.4 Å². The predicted molar refractivity (Wildman–Crippen MR) is 157 cm³/mol. The molecule has 0 amide bonds. The molecule has 1 N–H and O–H groups in total. The van der Waals surface area contributed by atoms with Crippen LogP contribution in [0.3, 0.4) is 0 Å². The van der Waals surface area contributed by atoms with Crippen LogP contribution in [0.25, 0.3) is 12.2 Å². The molecule has 0 fully saturated rings. The van der Waals surface area contributed by atoms with Crippen molar-refractivity contribution in [2.45, 2.75) is 19.6 Å². The van der Waals surface area contributed by atoms with Crippen LogP contribution in [0, 0.1) is 0 Å². The number of carbonyl (C=O) groups excluding carboxylic acids is 1. The summed E-state index contributed by atoms with van der Waals surface area (Å²) in [4.78, 5) is 12.6. The van der Waals surface area contributed by atoms with Gasteiger partial charge in [-0.15, -0.1) is 0 Å². The van der Waals surface area contributed by atoms with E-state index in [9.17, 15) is 9.36 Å². The molecule has 0 bridgehead atoms. The summed E-state index contributed by atoms with van der Waals surface area (Å²) in [6, 6.07) is 17.2. The first-order chi connectivity index (χ1) is 19.7. The first-order valence-electron chi connectivity index (χ1n) is 12.7. The molecule has 0 radical (unpaired) electrons. The number of hydrogen-bond donors (Lipinski definition) is 1. The van der Waals surface area contributed by atoms with E-state index in [0.29, 0.717) is 23.0 Å². The second kappa shape index (κ2) is 15.1. The zero-order valence-electron chi connectivity index (χ0n) is 24.0. The van der Waals surface area contributed by atoms with Crippen molar-refractivity contribution in [1.82, 2.24) is 5.09 Å². The van der Waals surface area contributed by atoms with Crippen LogP contribution >= 0.6 is 7.52 Å². The number of esters is 1. The topological polar surface area (TPSA) is 111 Å². The van der Waals surface area contributed by atoms with Crippen LogP contribution in [0.5, 0.6) is 28.7 Å². The third-order valence-corrected chi connectivity index (χ3v) is 7.73. The fourth-order valence-electron chi connectivity index (χ4n) is 3.88. The van der Waals surface area contributed by atoms with E-state index >= 15 is 0 Å². The summed E-state index contributed by atoms with van der Waals surface area (Å²) in [6.45, 7) is 1.64. The number of methoxy groups -OCH3 is 5. The number of hydrogen-bond acceptors (Lipinski definition) is 9. The molecule has 0 spiro atoms. The maximum Gasteiger partial charge on any atom is 0.342 e. The smallest absolute Gasteiger partial charge is 0.342 e. The zero-order chi connectivity index (χ0) is 29.8. The van der Waals surface area contributed by atoms with Crippen LogP contribution in [0.4, 0.5) is 0 Å². The normalized spacial score (nSPS) is 13.2. The molecule has 1 unspecified atom stereocenters. The molecule has 10 nitrogen and oxygen atoms in total. The second-order valence-electron chi connectivity index (χ2n) is 8.83. The molecule has 0 saturated carbocycles. The summed E-state index contributed by atoms with van der Waals surface area (Å²) < 4.78 is 51.9. The van der Waals surface area contributed by atoms with Crippen LogP contribution in [0.15, 0.2) is 60.7 Å². The highest BCUT2D eigenvalue weighted by Gasteiger charge is 2.31. The predicted octanol–water partition coefficient (Wildman–Crippen LogP) is 5.79. The first-order valence-corrected chi connectivity index (χ1v) is 14.5. The Morgan fingerprint density at radius 1 is 0.805 bits per heavy atom. The van der Waals surface area contributed by atoms with Crippen molar-refractivity contribution >= 4 is 25.6 Å². The summed E-state index contributed by atoms with van der Waals surface area (Å²) in [5, 5.41) is 2.76. The Bertz CT molecular complexity index is 1350. The molecule has 2 atom stereocenters. The van der Waals surface area contributed by atoms with Crippen LogP contribution in [-0.2, 0) is 25.4 Å². The lowest BCUT2D eigenvalue weighted by molar-refractivity contribution is -0.146. The van der Waals surface area contributed by atoms with Gasteiger partial charge in [-0.2, -0.15) is 0 Å². The molecule has 0 saturated heterocycles. The van der Waals surface area contributed by atoms with Gasteiger partial charge in [0.15, 0.2) is 23.0 Å². The van der Waals surface area contributed by atoms with E-state index in [1.165, 1.54) is 14.2 Å². The minimum absolute atomic E-state index is 0.0925. The molecule has 220 valence electrons. The Hall–Kier alpha value is -3.98. The van der Waals surface area contributed by atoms with Crippen molar-refractivity contribution in [3.63, 3.8) is 0 Å². The van der Waals surface area contributed by atoms with E-state index in [-0.39, 0.29) is 18.7 Å². The number of rotatable bonds is 15. The van der Waals surface area contributed by atoms with E-state index < -0.39 is 19.5 Å². The van der Waals surface area contributed by atoms with Crippen LogP contribution < -0.4 is 28.6 Å². The molecule has 11 heteroatoms. The van der Waals surface area contributed by atoms with Gasteiger partial charge in [0.2, 0.25) is 5.75 Å². The van der Waals surface area contributed by atoms with Crippen molar-refractivity contribution in [2.75, 3.05) is 41.9 Å². The van der Waals surface area contributed by atoms with E-state index in [1.54, 1.807) is 40.4 Å². The Morgan fingerprint density at radius 2 is 1.41 bits per heavy atom. The highest BCUT2D eigenvalue weighted by Crippen LogP contribution is 2.47. The summed E-state index contributed by atoms with van der Waals surface area (Å²) in [6.07, 6.45) is 3.40. The van der Waals surface area contributed by atoms with Gasteiger partial charge in [0.1, 0.15) is 19.0 Å². The number of nitrogens with one attached hydrogen (secondary N) is 1. The minimum atomic E-state index is -3.74. The molecule has 3 aromatic carbocycles. The van der Waals surface area contributed by atoms with Gasteiger partial charge in [-0.05, 0) is 47.9 Å². The quantitative estimate of drug-likeness (QED) is 0.134. The molecule has 41 heavy (non-hydrogen) atoms. The maximum absolute atomic E-state index is 13.8. The lowest BCUT2D eigenvalue weighted by Gasteiger charge is -2.24. The van der Waals surface area contributed by atoms with Crippen LogP contribution in [0.2, 0.25) is 0 Å². The molecular weight excluding hydrogens is 549 g/mol. The molecule has 3 rings (SSSR count). The molecule has 3 aromatic rings. The third kappa shape index (κ3) is 8.75. The van der Waals surface area contributed by atoms with E-state index in [4.69, 9.17) is 32.9 Å². The van der Waals surface area contributed by atoms with Gasteiger partial charge in [-0.25, -0.2) is 5.09 Å². The number of ether oxygens (including phenoxy) is 6. The first kappa shape index (κ1) is 31.5. The average Bonchev–Trinajstić information content (AvgIpc) is 2.98. The molecular formula is C30H36NO9P. The second-order valence-corrected chi connectivity index (χ2v) is 10.9. The maximum atomic E-state index is 13.8. The number of carbonyl (C=O) groups is 1. The summed E-state index contributed by atoms with van der Waals surface area (Å²) >= 11 is 0. The summed E-state index contributed by atoms with van der Waals surface area (Å²) in [7, 11) is 3.77. The standard InChI is InChI=1S/C30H36NO9P/c1-21(30(32)39-19-23-10-8-7-9-11-23)31-41(33,20-34-2)40-26-16-22(14-15-25(26)35-3)12-13-24-17-27(36-4)29(38-6)28(18-24)37-5/h7-18,21H,19-20H2,1-6H3,(H,31,33)/b13-12-/t21-,41?/m0/s1. The highest BCUT2D eigenvalue weighted by molar-refractivity contribution is 7.57. The van der Waals surface area contributed by atoms with Gasteiger partial charge in [-0.1, -0.05) is 48.6 Å². The molecule has 0 aromatic heterocycles. The summed E-state index contributed by atoms with van der Waals surface area (Å²) in [5.74, 6) is 1.51. The van der Waals surface area contributed by atoms with Gasteiger partial charge in [-0.3, -0.25) is 9.36 Å². The van der Waals surface area contributed by atoms with Gasteiger partial charge >= 0.3 is 13.5 Å². The monoisotopic (exact) mass is 585 g/mol. The molecule has 0 aliphatic carbocycles. The highest BCUT2D eigenvalue weighted by atomic mass is 31.2. The summed E-state index contributed by atoms with van der Waals surface area (Å²) in [5.41, 5.74) is 2.37. The third-order valence-electron chi connectivity index (χ3n) is 5.86. The van der Waals surface area contributed by atoms with Crippen LogP contribution in [-0.4, -0.2) is 53.9 Å². The van der Waals surface area contributed by atoms with Gasteiger partial charge < -0.3 is 32.9 Å².